The zero-order chi connectivity index (χ0) is 12.4. The van der Waals surface area contributed by atoms with E-state index in [1.807, 2.05) is 67.3 Å². The number of hydrogen-bond acceptors (Lipinski definition) is 1. The summed E-state index contributed by atoms with van der Waals surface area (Å²) in [4.78, 5) is 0. The van der Waals surface area contributed by atoms with Crippen LogP contribution in [-0.2, 0) is 0 Å². The Morgan fingerprint density at radius 1 is 0.722 bits per heavy atom. The van der Waals surface area contributed by atoms with E-state index in [9.17, 15) is 5.11 Å². The normalized spacial score (nSPS) is 10.9. The molecule has 18 heavy (non-hydrogen) atoms. The van der Waals surface area contributed by atoms with Gasteiger partial charge >= 0.3 is 0 Å². The van der Waals surface area contributed by atoms with Gasteiger partial charge in [-0.15, -0.1) is 0 Å². The summed E-state index contributed by atoms with van der Waals surface area (Å²) in [6.45, 7) is 0. The molecule has 0 aliphatic rings. The molecule has 0 unspecified atom stereocenters. The zero-order valence-corrected chi connectivity index (χ0v) is 9.85. The lowest BCUT2D eigenvalue weighted by Gasteiger charge is -2.22. The molecule has 0 atom stereocenters. The van der Waals surface area contributed by atoms with Crippen LogP contribution in [0.4, 0.5) is 0 Å². The van der Waals surface area contributed by atoms with Gasteiger partial charge in [-0.1, -0.05) is 18.2 Å². The van der Waals surface area contributed by atoms with Crippen molar-refractivity contribution in [1.82, 2.24) is 9.13 Å². The van der Waals surface area contributed by atoms with Crippen LogP contribution in [0.15, 0.2) is 73.3 Å². The van der Waals surface area contributed by atoms with Crippen LogP contribution in [0.25, 0.3) is 0 Å². The van der Waals surface area contributed by atoms with E-state index >= 15 is 0 Å². The average molecular weight is 238 g/mol. The third kappa shape index (κ3) is 1.80. The number of nitrogens with zero attached hydrogens (tertiary/aromatic N) is 2. The van der Waals surface area contributed by atoms with Gasteiger partial charge in [0.15, 0.2) is 0 Å². The second kappa shape index (κ2) is 4.45. The van der Waals surface area contributed by atoms with Gasteiger partial charge in [0.05, 0.1) is 0 Å². The molecule has 2 heterocycles. The molecule has 3 nitrogen and oxygen atoms in total. The summed E-state index contributed by atoms with van der Waals surface area (Å²) < 4.78 is 4.13. The van der Waals surface area contributed by atoms with Crippen molar-refractivity contribution in [3.63, 3.8) is 0 Å². The molecular weight excluding hydrogens is 224 g/mol. The maximum absolute atomic E-state index is 10.1. The number of benzene rings is 1. The number of phenols is 1. The van der Waals surface area contributed by atoms with Gasteiger partial charge < -0.3 is 14.2 Å². The van der Waals surface area contributed by atoms with Gasteiger partial charge in [0.25, 0.3) is 0 Å². The Bertz CT molecular complexity index is 578. The molecule has 0 saturated carbocycles. The summed E-state index contributed by atoms with van der Waals surface area (Å²) in [5.74, 6) is 0.310. The van der Waals surface area contributed by atoms with E-state index in [1.165, 1.54) is 0 Å². The fourth-order valence-electron chi connectivity index (χ4n) is 2.20. The predicted octanol–water partition coefficient (Wildman–Crippen LogP) is 3.09. The molecule has 0 spiro atoms. The first-order valence-electron chi connectivity index (χ1n) is 5.89. The predicted molar refractivity (Wildman–Crippen MR) is 70.5 cm³/mol. The third-order valence-electron chi connectivity index (χ3n) is 3.03. The fourth-order valence-corrected chi connectivity index (χ4v) is 2.20. The molecule has 0 amide bonds. The highest BCUT2D eigenvalue weighted by Crippen LogP contribution is 2.28. The lowest BCUT2D eigenvalue weighted by atomic mass is 10.1. The fraction of sp³-hybridized carbons (Fsp3) is 0.0667. The smallest absolute Gasteiger partial charge is 0.138 e. The summed E-state index contributed by atoms with van der Waals surface area (Å²) in [6, 6.07) is 15.4. The first-order valence-corrected chi connectivity index (χ1v) is 5.89. The van der Waals surface area contributed by atoms with E-state index in [0.717, 1.165) is 5.56 Å². The summed E-state index contributed by atoms with van der Waals surface area (Å²) >= 11 is 0. The SMILES string of the molecule is Oc1ccccc1C(n1cccc1)n1cccc1. The van der Waals surface area contributed by atoms with Crippen molar-refractivity contribution in [2.75, 3.05) is 0 Å². The maximum atomic E-state index is 10.1. The second-order valence-electron chi connectivity index (χ2n) is 4.19. The Balaban J connectivity index is 2.15. The monoisotopic (exact) mass is 238 g/mol. The molecule has 90 valence electrons. The average Bonchev–Trinajstić information content (AvgIpc) is 3.05. The Hall–Kier alpha value is -2.42. The quantitative estimate of drug-likeness (QED) is 0.746. The zero-order valence-electron chi connectivity index (χ0n) is 9.85. The topological polar surface area (TPSA) is 30.1 Å². The minimum Gasteiger partial charge on any atom is -0.508 e. The molecule has 0 radical (unpaired) electrons. The largest absolute Gasteiger partial charge is 0.508 e. The van der Waals surface area contributed by atoms with Gasteiger partial charge in [0.1, 0.15) is 11.9 Å². The van der Waals surface area contributed by atoms with Gasteiger partial charge in [-0.05, 0) is 30.3 Å². The van der Waals surface area contributed by atoms with Crippen molar-refractivity contribution in [3.8, 4) is 5.75 Å². The minimum atomic E-state index is -0.0591. The Kier molecular flexibility index (Phi) is 2.65. The van der Waals surface area contributed by atoms with Crippen LogP contribution in [0.3, 0.4) is 0 Å². The van der Waals surface area contributed by atoms with E-state index in [2.05, 4.69) is 9.13 Å². The molecule has 3 heteroatoms. The van der Waals surface area contributed by atoms with Gasteiger partial charge in [0.2, 0.25) is 0 Å². The second-order valence-corrected chi connectivity index (χ2v) is 4.19. The van der Waals surface area contributed by atoms with E-state index in [-0.39, 0.29) is 6.17 Å². The van der Waals surface area contributed by atoms with E-state index in [1.54, 1.807) is 6.07 Å². The van der Waals surface area contributed by atoms with Crippen molar-refractivity contribution < 1.29 is 5.11 Å². The van der Waals surface area contributed by atoms with Crippen molar-refractivity contribution in [1.29, 1.82) is 0 Å². The lowest BCUT2D eigenvalue weighted by molar-refractivity contribution is 0.435. The van der Waals surface area contributed by atoms with Crippen LogP contribution in [0.1, 0.15) is 11.7 Å². The van der Waals surface area contributed by atoms with Crippen LogP contribution >= 0.6 is 0 Å². The lowest BCUT2D eigenvalue weighted by Crippen LogP contribution is -2.16. The summed E-state index contributed by atoms with van der Waals surface area (Å²) in [5.41, 5.74) is 0.880. The first-order chi connectivity index (χ1) is 8.86. The van der Waals surface area contributed by atoms with Crippen molar-refractivity contribution in [2.45, 2.75) is 6.17 Å². The van der Waals surface area contributed by atoms with Crippen LogP contribution in [-0.4, -0.2) is 14.2 Å². The first kappa shape index (κ1) is 10.7. The third-order valence-corrected chi connectivity index (χ3v) is 3.03. The molecule has 1 aromatic carbocycles. The maximum Gasteiger partial charge on any atom is 0.138 e. The van der Waals surface area contributed by atoms with Crippen LogP contribution in [0.5, 0.6) is 5.75 Å². The molecule has 3 aromatic rings. The Morgan fingerprint density at radius 2 is 1.22 bits per heavy atom. The van der Waals surface area contributed by atoms with Crippen molar-refractivity contribution in [3.05, 3.63) is 78.9 Å². The van der Waals surface area contributed by atoms with E-state index in [0.29, 0.717) is 5.75 Å². The van der Waals surface area contributed by atoms with E-state index < -0.39 is 0 Å². The number of hydrogen-bond donors (Lipinski definition) is 1. The Morgan fingerprint density at radius 3 is 1.72 bits per heavy atom. The van der Waals surface area contributed by atoms with E-state index in [4.69, 9.17) is 0 Å². The Labute approximate surface area is 106 Å². The summed E-state index contributed by atoms with van der Waals surface area (Å²) in [6.07, 6.45) is 7.93. The molecule has 2 aromatic heterocycles. The molecule has 0 aliphatic heterocycles. The standard InChI is InChI=1S/C15H14N2O/c18-14-8-2-1-7-13(14)15(16-9-3-4-10-16)17-11-5-6-12-17/h1-12,15,18H. The molecule has 0 bridgehead atoms. The van der Waals surface area contributed by atoms with Crippen molar-refractivity contribution in [2.24, 2.45) is 0 Å². The van der Waals surface area contributed by atoms with Gasteiger partial charge in [-0.25, -0.2) is 0 Å². The molecule has 0 aliphatic carbocycles. The van der Waals surface area contributed by atoms with Gasteiger partial charge in [0, 0.05) is 30.4 Å². The van der Waals surface area contributed by atoms with Crippen LogP contribution in [0, 0.1) is 0 Å². The molecule has 1 N–H and O–H groups in total. The van der Waals surface area contributed by atoms with Gasteiger partial charge in [-0.3, -0.25) is 0 Å². The van der Waals surface area contributed by atoms with Crippen LogP contribution in [0.2, 0.25) is 0 Å². The highest BCUT2D eigenvalue weighted by molar-refractivity contribution is 5.35. The molecule has 0 saturated heterocycles. The number of phenolic OH excluding ortho intramolecular Hbond substituents is 1. The summed E-state index contributed by atoms with van der Waals surface area (Å²) in [7, 11) is 0. The summed E-state index contributed by atoms with van der Waals surface area (Å²) in [5, 5.41) is 10.1. The highest BCUT2D eigenvalue weighted by Gasteiger charge is 2.16. The van der Waals surface area contributed by atoms with Gasteiger partial charge in [-0.2, -0.15) is 0 Å². The number of aromatic nitrogens is 2. The number of rotatable bonds is 3. The molecular formula is C15H14N2O. The van der Waals surface area contributed by atoms with Crippen LogP contribution < -0.4 is 0 Å². The number of aromatic hydroxyl groups is 1. The highest BCUT2D eigenvalue weighted by atomic mass is 16.3. The molecule has 3 rings (SSSR count). The minimum absolute atomic E-state index is 0.0591. The number of para-hydroxylation sites is 1. The van der Waals surface area contributed by atoms with Crippen molar-refractivity contribution >= 4 is 0 Å². The molecule has 0 fully saturated rings.